The Hall–Kier alpha value is -1.62. The van der Waals surface area contributed by atoms with Crippen molar-refractivity contribution in [3.8, 4) is 0 Å². The summed E-state index contributed by atoms with van der Waals surface area (Å²) < 4.78 is 18.3. The first-order valence-electron chi connectivity index (χ1n) is 8.28. The average molecular weight is 322 g/mol. The Morgan fingerprint density at radius 2 is 1.87 bits per heavy atom. The molecule has 2 rings (SSSR count). The van der Waals surface area contributed by atoms with E-state index in [-0.39, 0.29) is 24.0 Å². The molecule has 1 aromatic carbocycles. The lowest BCUT2D eigenvalue weighted by Crippen LogP contribution is -2.53. The summed E-state index contributed by atoms with van der Waals surface area (Å²) in [6.07, 6.45) is 2.35. The zero-order valence-corrected chi connectivity index (χ0v) is 14.4. The molecule has 1 saturated carbocycles. The van der Waals surface area contributed by atoms with E-state index in [0.29, 0.717) is 6.04 Å². The Morgan fingerprint density at radius 1 is 1.26 bits per heavy atom. The number of rotatable bonds is 5. The molecule has 1 aliphatic carbocycles. The SMILES string of the molecule is CCC(NC1CC(NC(=O)OC(C)(C)C)C1)c1ccc(F)cc1. The van der Waals surface area contributed by atoms with Crippen molar-refractivity contribution in [1.29, 1.82) is 0 Å². The average Bonchev–Trinajstić information content (AvgIpc) is 2.40. The third-order valence-corrected chi connectivity index (χ3v) is 3.98. The molecule has 1 unspecified atom stereocenters. The predicted octanol–water partition coefficient (Wildman–Crippen LogP) is 3.92. The second kappa shape index (κ2) is 7.30. The molecule has 1 aromatic rings. The van der Waals surface area contributed by atoms with Crippen LogP contribution in [0.4, 0.5) is 9.18 Å². The standard InChI is InChI=1S/C18H27FN2O2/c1-5-16(12-6-8-13(19)9-7-12)20-14-10-15(11-14)21-17(22)23-18(2,3)4/h6-9,14-16,20H,5,10-11H2,1-4H3,(H,21,22). The second-order valence-corrected chi connectivity index (χ2v) is 7.19. The van der Waals surface area contributed by atoms with Gasteiger partial charge < -0.3 is 15.4 Å². The molecule has 1 atom stereocenters. The monoisotopic (exact) mass is 322 g/mol. The molecular weight excluding hydrogens is 295 g/mol. The van der Waals surface area contributed by atoms with Gasteiger partial charge in [-0.1, -0.05) is 19.1 Å². The molecule has 0 aliphatic heterocycles. The number of nitrogens with one attached hydrogen (secondary N) is 2. The predicted molar refractivity (Wildman–Crippen MR) is 88.7 cm³/mol. The van der Waals surface area contributed by atoms with Crippen molar-refractivity contribution in [3.63, 3.8) is 0 Å². The molecule has 5 heteroatoms. The van der Waals surface area contributed by atoms with E-state index in [1.165, 1.54) is 12.1 Å². The van der Waals surface area contributed by atoms with E-state index in [1.54, 1.807) is 0 Å². The second-order valence-electron chi connectivity index (χ2n) is 7.19. The molecule has 0 bridgehead atoms. The molecule has 2 N–H and O–H groups in total. The van der Waals surface area contributed by atoms with Gasteiger partial charge in [-0.25, -0.2) is 9.18 Å². The van der Waals surface area contributed by atoms with E-state index in [2.05, 4.69) is 17.6 Å². The molecule has 0 aromatic heterocycles. The molecule has 1 aliphatic rings. The maximum atomic E-state index is 13.0. The van der Waals surface area contributed by atoms with Crippen LogP contribution in [-0.2, 0) is 4.74 Å². The Kier molecular flexibility index (Phi) is 5.63. The van der Waals surface area contributed by atoms with E-state index in [9.17, 15) is 9.18 Å². The lowest BCUT2D eigenvalue weighted by Gasteiger charge is -2.39. The van der Waals surface area contributed by atoms with Gasteiger partial charge in [0.2, 0.25) is 0 Å². The molecule has 128 valence electrons. The number of amides is 1. The van der Waals surface area contributed by atoms with Crippen LogP contribution in [0.1, 0.15) is 58.6 Å². The fourth-order valence-electron chi connectivity index (χ4n) is 2.78. The number of benzene rings is 1. The minimum Gasteiger partial charge on any atom is -0.444 e. The van der Waals surface area contributed by atoms with Crippen LogP contribution < -0.4 is 10.6 Å². The van der Waals surface area contributed by atoms with E-state index >= 15 is 0 Å². The normalized spacial score (nSPS) is 22.1. The van der Waals surface area contributed by atoms with Crippen molar-refractivity contribution in [3.05, 3.63) is 35.6 Å². The summed E-state index contributed by atoms with van der Waals surface area (Å²) in [5.41, 5.74) is 0.624. The molecule has 0 heterocycles. The number of carbonyl (C=O) groups excluding carboxylic acids is 1. The first-order chi connectivity index (χ1) is 10.8. The molecule has 1 amide bonds. The van der Waals surface area contributed by atoms with Crippen LogP contribution in [0.2, 0.25) is 0 Å². The van der Waals surface area contributed by atoms with Crippen LogP contribution in [0.3, 0.4) is 0 Å². The maximum Gasteiger partial charge on any atom is 0.407 e. The summed E-state index contributed by atoms with van der Waals surface area (Å²) in [6, 6.07) is 7.37. The lowest BCUT2D eigenvalue weighted by atomic mass is 9.85. The number of alkyl carbamates (subject to hydrolysis) is 1. The highest BCUT2D eigenvalue weighted by molar-refractivity contribution is 5.68. The van der Waals surface area contributed by atoms with Crippen molar-refractivity contribution in [2.24, 2.45) is 0 Å². The minimum absolute atomic E-state index is 0.160. The highest BCUT2D eigenvalue weighted by Crippen LogP contribution is 2.26. The first-order valence-corrected chi connectivity index (χ1v) is 8.28. The quantitative estimate of drug-likeness (QED) is 0.864. The Bertz CT molecular complexity index is 519. The Labute approximate surface area is 137 Å². The van der Waals surface area contributed by atoms with Crippen LogP contribution in [-0.4, -0.2) is 23.8 Å². The molecular formula is C18H27FN2O2. The summed E-state index contributed by atoms with van der Waals surface area (Å²) in [7, 11) is 0. The fourth-order valence-corrected chi connectivity index (χ4v) is 2.78. The summed E-state index contributed by atoms with van der Waals surface area (Å²) in [5, 5.41) is 6.47. The van der Waals surface area contributed by atoms with Gasteiger partial charge >= 0.3 is 6.09 Å². The topological polar surface area (TPSA) is 50.4 Å². The zero-order valence-electron chi connectivity index (χ0n) is 14.4. The Morgan fingerprint density at radius 3 is 2.39 bits per heavy atom. The van der Waals surface area contributed by atoms with Gasteiger partial charge in [0, 0.05) is 18.1 Å². The van der Waals surface area contributed by atoms with Gasteiger partial charge in [0.25, 0.3) is 0 Å². The van der Waals surface area contributed by atoms with E-state index < -0.39 is 5.60 Å². The van der Waals surface area contributed by atoms with Gasteiger partial charge in [0.05, 0.1) is 0 Å². The van der Waals surface area contributed by atoms with Gasteiger partial charge in [0.15, 0.2) is 0 Å². The molecule has 1 fully saturated rings. The summed E-state index contributed by atoms with van der Waals surface area (Å²) in [5.74, 6) is -0.214. The maximum absolute atomic E-state index is 13.0. The van der Waals surface area contributed by atoms with E-state index in [4.69, 9.17) is 4.74 Å². The van der Waals surface area contributed by atoms with E-state index in [1.807, 2.05) is 32.9 Å². The smallest absolute Gasteiger partial charge is 0.407 e. The fraction of sp³-hybridized carbons (Fsp3) is 0.611. The number of hydrogen-bond acceptors (Lipinski definition) is 3. The van der Waals surface area contributed by atoms with Gasteiger partial charge in [-0.05, 0) is 57.7 Å². The van der Waals surface area contributed by atoms with Crippen molar-refractivity contribution in [2.45, 2.75) is 70.7 Å². The summed E-state index contributed by atoms with van der Waals surface area (Å²) in [6.45, 7) is 7.67. The van der Waals surface area contributed by atoms with Crippen molar-refractivity contribution >= 4 is 6.09 Å². The van der Waals surface area contributed by atoms with Crippen LogP contribution in [0.25, 0.3) is 0 Å². The van der Waals surface area contributed by atoms with Crippen LogP contribution in [0.15, 0.2) is 24.3 Å². The molecule has 4 nitrogen and oxygen atoms in total. The van der Waals surface area contributed by atoms with Gasteiger partial charge in [-0.3, -0.25) is 0 Å². The number of hydrogen-bond donors (Lipinski definition) is 2. The summed E-state index contributed by atoms with van der Waals surface area (Å²) in [4.78, 5) is 11.7. The van der Waals surface area contributed by atoms with Gasteiger partial charge in [-0.2, -0.15) is 0 Å². The third-order valence-electron chi connectivity index (χ3n) is 3.98. The largest absolute Gasteiger partial charge is 0.444 e. The number of halogens is 1. The lowest BCUT2D eigenvalue weighted by molar-refractivity contribution is 0.0462. The van der Waals surface area contributed by atoms with Crippen molar-refractivity contribution < 1.29 is 13.9 Å². The molecule has 0 saturated heterocycles. The molecule has 0 radical (unpaired) electrons. The van der Waals surface area contributed by atoms with Crippen molar-refractivity contribution in [1.82, 2.24) is 10.6 Å². The van der Waals surface area contributed by atoms with Gasteiger partial charge in [-0.15, -0.1) is 0 Å². The number of ether oxygens (including phenoxy) is 1. The first kappa shape index (κ1) is 17.7. The van der Waals surface area contributed by atoms with Crippen LogP contribution in [0.5, 0.6) is 0 Å². The highest BCUT2D eigenvalue weighted by atomic mass is 19.1. The summed E-state index contributed by atoms with van der Waals surface area (Å²) >= 11 is 0. The third kappa shape index (κ3) is 5.50. The van der Waals surface area contributed by atoms with Crippen LogP contribution in [0, 0.1) is 5.82 Å². The van der Waals surface area contributed by atoms with Crippen molar-refractivity contribution in [2.75, 3.05) is 0 Å². The van der Waals surface area contributed by atoms with E-state index in [0.717, 1.165) is 24.8 Å². The minimum atomic E-state index is -0.471. The van der Waals surface area contributed by atoms with Crippen LogP contribution >= 0.6 is 0 Å². The zero-order chi connectivity index (χ0) is 17.0. The highest BCUT2D eigenvalue weighted by Gasteiger charge is 2.32. The number of carbonyl (C=O) groups is 1. The molecule has 23 heavy (non-hydrogen) atoms. The van der Waals surface area contributed by atoms with Gasteiger partial charge in [0.1, 0.15) is 11.4 Å². The Balaban J connectivity index is 1.76. The molecule has 0 spiro atoms.